The summed E-state index contributed by atoms with van der Waals surface area (Å²) < 4.78 is 52.8. The number of hydrogen-bond acceptors (Lipinski definition) is 7. The van der Waals surface area contributed by atoms with E-state index >= 15 is 0 Å². The molecule has 1 aromatic heterocycles. The first-order valence-electron chi connectivity index (χ1n) is 11.7. The molecular weight excluding hydrogens is 524 g/mol. The van der Waals surface area contributed by atoms with Crippen LogP contribution in [0.15, 0.2) is 54.2 Å². The third-order valence-electron chi connectivity index (χ3n) is 6.15. The predicted octanol–water partition coefficient (Wildman–Crippen LogP) is 3.07. The summed E-state index contributed by atoms with van der Waals surface area (Å²) in [7, 11) is -7.07. The summed E-state index contributed by atoms with van der Waals surface area (Å²) in [5, 5.41) is 1.94. The standard InChI is InChI=1S/C23H29ClN4O2S.CH4O3S/c24-22-3-1-20(2-4-22)9-18-31(29,30)28-16-14-26(15-17-28)19-21-7-12-27(13-8-21)23-5-10-25-11-6-23;1-5(2,3)4/h1-6,9-11,18,21H,7-8,12-17,19H2;1H3,(H,2,3,4). The molecule has 0 aliphatic carbocycles. The zero-order chi connectivity index (χ0) is 26.2. The van der Waals surface area contributed by atoms with E-state index < -0.39 is 20.1 Å². The van der Waals surface area contributed by atoms with E-state index in [1.807, 2.05) is 24.5 Å². The van der Waals surface area contributed by atoms with Crippen LogP contribution in [0.3, 0.4) is 0 Å². The van der Waals surface area contributed by atoms with Gasteiger partial charge in [-0.05, 0) is 54.7 Å². The summed E-state index contributed by atoms with van der Waals surface area (Å²) in [6, 6.07) is 11.3. The maximum Gasteiger partial charge on any atom is 0.261 e. The highest BCUT2D eigenvalue weighted by Crippen LogP contribution is 2.24. The minimum absolute atomic E-state index is 0.545. The summed E-state index contributed by atoms with van der Waals surface area (Å²) in [4.78, 5) is 8.94. The van der Waals surface area contributed by atoms with Crippen LogP contribution in [0.5, 0.6) is 0 Å². The number of rotatable bonds is 6. The fraction of sp³-hybridized carbons (Fsp3) is 0.458. The van der Waals surface area contributed by atoms with Crippen molar-refractivity contribution in [2.24, 2.45) is 5.92 Å². The number of halogens is 1. The molecule has 2 fully saturated rings. The Morgan fingerprint density at radius 2 is 1.50 bits per heavy atom. The Bertz CT molecular complexity index is 1180. The summed E-state index contributed by atoms with van der Waals surface area (Å²) in [6.45, 7) is 5.86. The molecule has 12 heteroatoms. The Balaban J connectivity index is 0.000000658. The van der Waals surface area contributed by atoms with Crippen LogP contribution >= 0.6 is 11.6 Å². The van der Waals surface area contributed by atoms with Gasteiger partial charge in [0.1, 0.15) is 0 Å². The molecule has 0 amide bonds. The Kier molecular flexibility index (Phi) is 10.3. The van der Waals surface area contributed by atoms with Crippen molar-refractivity contribution in [1.29, 1.82) is 0 Å². The van der Waals surface area contributed by atoms with Crippen molar-refractivity contribution in [3.63, 3.8) is 0 Å². The lowest BCUT2D eigenvalue weighted by molar-refractivity contribution is 0.156. The lowest BCUT2D eigenvalue weighted by Gasteiger charge is -2.38. The predicted molar refractivity (Wildman–Crippen MR) is 144 cm³/mol. The van der Waals surface area contributed by atoms with Gasteiger partial charge < -0.3 is 9.80 Å². The summed E-state index contributed by atoms with van der Waals surface area (Å²) >= 11 is 5.88. The second-order valence-corrected chi connectivity index (χ2v) is 12.7. The molecule has 0 spiro atoms. The van der Waals surface area contributed by atoms with Gasteiger partial charge >= 0.3 is 0 Å². The van der Waals surface area contributed by atoms with Crippen molar-refractivity contribution in [2.45, 2.75) is 12.8 Å². The van der Waals surface area contributed by atoms with Gasteiger partial charge in [0.25, 0.3) is 10.1 Å². The maximum absolute atomic E-state index is 12.7. The molecule has 0 bridgehead atoms. The van der Waals surface area contributed by atoms with Crippen molar-refractivity contribution in [3.8, 4) is 0 Å². The summed E-state index contributed by atoms with van der Waals surface area (Å²) in [5.41, 5.74) is 2.07. The summed E-state index contributed by atoms with van der Waals surface area (Å²) in [5.74, 6) is 0.672. The molecule has 0 unspecified atom stereocenters. The van der Waals surface area contributed by atoms with Crippen LogP contribution in [0, 0.1) is 5.92 Å². The van der Waals surface area contributed by atoms with Gasteiger partial charge in [0.15, 0.2) is 0 Å². The lowest BCUT2D eigenvalue weighted by atomic mass is 9.95. The van der Waals surface area contributed by atoms with E-state index in [4.69, 9.17) is 16.2 Å². The van der Waals surface area contributed by atoms with Crippen molar-refractivity contribution >= 4 is 43.5 Å². The molecule has 3 heterocycles. The molecule has 4 rings (SSSR count). The third kappa shape index (κ3) is 9.79. The molecule has 2 aliphatic rings. The number of sulfonamides is 1. The van der Waals surface area contributed by atoms with E-state index in [0.29, 0.717) is 30.3 Å². The number of pyridine rings is 1. The van der Waals surface area contributed by atoms with E-state index in [2.05, 4.69) is 26.9 Å². The number of benzene rings is 1. The highest BCUT2D eigenvalue weighted by Gasteiger charge is 2.27. The van der Waals surface area contributed by atoms with Crippen LogP contribution < -0.4 is 4.90 Å². The van der Waals surface area contributed by atoms with Crippen LogP contribution in [0.4, 0.5) is 5.69 Å². The maximum atomic E-state index is 12.7. The minimum Gasteiger partial charge on any atom is -0.371 e. The van der Waals surface area contributed by atoms with Gasteiger partial charge in [0.05, 0.1) is 6.26 Å². The Morgan fingerprint density at radius 3 is 2.06 bits per heavy atom. The average Bonchev–Trinajstić information content (AvgIpc) is 2.84. The second-order valence-electron chi connectivity index (χ2n) is 8.97. The van der Waals surface area contributed by atoms with Crippen LogP contribution in [0.25, 0.3) is 6.08 Å². The monoisotopic (exact) mass is 556 g/mol. The smallest absolute Gasteiger partial charge is 0.261 e. The highest BCUT2D eigenvalue weighted by molar-refractivity contribution is 7.92. The molecule has 0 atom stereocenters. The molecule has 2 aliphatic heterocycles. The molecule has 0 saturated carbocycles. The van der Waals surface area contributed by atoms with Crippen LogP contribution in [0.2, 0.25) is 5.02 Å². The quantitative estimate of drug-likeness (QED) is 0.540. The van der Waals surface area contributed by atoms with Gasteiger partial charge in [-0.3, -0.25) is 9.54 Å². The number of hydrogen-bond donors (Lipinski definition) is 1. The van der Waals surface area contributed by atoms with Crippen LogP contribution in [-0.4, -0.2) is 87.6 Å². The number of piperazine rings is 1. The van der Waals surface area contributed by atoms with Gasteiger partial charge in [0, 0.05) is 74.3 Å². The van der Waals surface area contributed by atoms with Crippen molar-refractivity contribution in [3.05, 3.63) is 64.8 Å². The molecule has 9 nitrogen and oxygen atoms in total. The van der Waals surface area contributed by atoms with Gasteiger partial charge in [0.2, 0.25) is 10.0 Å². The van der Waals surface area contributed by atoms with Crippen LogP contribution in [-0.2, 0) is 20.1 Å². The van der Waals surface area contributed by atoms with Crippen molar-refractivity contribution in [1.82, 2.24) is 14.2 Å². The van der Waals surface area contributed by atoms with Crippen LogP contribution in [0.1, 0.15) is 18.4 Å². The van der Waals surface area contributed by atoms with Gasteiger partial charge in [-0.1, -0.05) is 23.7 Å². The first-order valence-corrected chi connectivity index (χ1v) is 15.5. The fourth-order valence-electron chi connectivity index (χ4n) is 4.28. The van der Waals surface area contributed by atoms with E-state index in [9.17, 15) is 16.8 Å². The molecule has 198 valence electrons. The first-order chi connectivity index (χ1) is 17.0. The molecule has 2 saturated heterocycles. The summed E-state index contributed by atoms with van der Waals surface area (Å²) in [6.07, 6.45) is 8.39. The third-order valence-corrected chi connectivity index (χ3v) is 7.97. The number of piperidine rings is 1. The van der Waals surface area contributed by atoms with Gasteiger partial charge in [-0.15, -0.1) is 0 Å². The largest absolute Gasteiger partial charge is 0.371 e. The zero-order valence-electron chi connectivity index (χ0n) is 20.3. The Hall–Kier alpha value is -2.02. The fourth-order valence-corrected chi connectivity index (χ4v) is 5.58. The van der Waals surface area contributed by atoms with E-state index in [1.165, 1.54) is 23.9 Å². The molecular formula is C24H33ClN4O5S2. The zero-order valence-corrected chi connectivity index (χ0v) is 22.7. The lowest BCUT2D eigenvalue weighted by Crippen LogP contribution is -2.50. The van der Waals surface area contributed by atoms with Crippen molar-refractivity contribution < 1.29 is 21.4 Å². The van der Waals surface area contributed by atoms with Gasteiger partial charge in [-0.25, -0.2) is 8.42 Å². The number of nitrogens with zero attached hydrogens (tertiary/aromatic N) is 4. The topological polar surface area (TPSA) is 111 Å². The van der Waals surface area contributed by atoms with E-state index in [-0.39, 0.29) is 0 Å². The Labute approximate surface area is 219 Å². The average molecular weight is 557 g/mol. The molecule has 36 heavy (non-hydrogen) atoms. The first kappa shape index (κ1) is 28.5. The molecule has 1 N–H and O–H groups in total. The SMILES string of the molecule is CS(=O)(=O)O.O=S(=O)(C=Cc1ccc(Cl)cc1)N1CCN(CC2CCN(c3ccncc3)CC2)CC1. The molecule has 0 radical (unpaired) electrons. The highest BCUT2D eigenvalue weighted by atomic mass is 35.5. The molecule has 2 aromatic rings. The minimum atomic E-state index is -3.67. The molecule has 1 aromatic carbocycles. The second kappa shape index (κ2) is 13.0. The van der Waals surface area contributed by atoms with Crippen molar-refractivity contribution in [2.75, 3.05) is 57.0 Å². The van der Waals surface area contributed by atoms with Gasteiger partial charge in [-0.2, -0.15) is 12.7 Å². The van der Waals surface area contributed by atoms with E-state index in [1.54, 1.807) is 22.5 Å². The number of aromatic nitrogens is 1. The number of anilines is 1. The normalized spacial score (nSPS) is 18.7. The Morgan fingerprint density at radius 1 is 0.944 bits per heavy atom. The van der Waals surface area contributed by atoms with E-state index in [0.717, 1.165) is 38.3 Å².